The number of aryl methyl sites for hydroxylation is 1. The maximum atomic E-state index is 11.7. The summed E-state index contributed by atoms with van der Waals surface area (Å²) in [7, 11) is 1.67. The number of carbonyl (C=O) groups is 1. The molecule has 0 aliphatic carbocycles. The molecular formula is C12H15N3O3S. The number of hydrogen-bond donors (Lipinski definition) is 1. The molecule has 2 aromatic rings. The molecule has 1 N–H and O–H groups in total. The van der Waals surface area contributed by atoms with E-state index in [9.17, 15) is 9.59 Å². The van der Waals surface area contributed by atoms with Gasteiger partial charge in [0, 0.05) is 11.9 Å². The van der Waals surface area contributed by atoms with E-state index in [4.69, 9.17) is 4.74 Å². The third-order valence-electron chi connectivity index (χ3n) is 2.79. The number of thiophene rings is 1. The molecule has 7 heteroatoms. The Morgan fingerprint density at radius 3 is 2.95 bits per heavy atom. The molecule has 0 fully saturated rings. The van der Waals surface area contributed by atoms with Gasteiger partial charge in [0.2, 0.25) is 0 Å². The molecule has 1 amide bonds. The van der Waals surface area contributed by atoms with Crippen LogP contribution in [0.1, 0.15) is 17.4 Å². The van der Waals surface area contributed by atoms with Crippen LogP contribution < -0.4 is 5.56 Å². The van der Waals surface area contributed by atoms with Gasteiger partial charge in [0.25, 0.3) is 5.56 Å². The Kier molecular flexibility index (Phi) is 3.84. The summed E-state index contributed by atoms with van der Waals surface area (Å²) in [6.07, 6.45) is 1.01. The lowest BCUT2D eigenvalue weighted by molar-refractivity contribution is 0.114. The van der Waals surface area contributed by atoms with Crippen molar-refractivity contribution in [1.82, 2.24) is 14.9 Å². The molecule has 0 saturated heterocycles. The highest BCUT2D eigenvalue weighted by molar-refractivity contribution is 7.18. The van der Waals surface area contributed by atoms with Crippen LogP contribution in [0.3, 0.4) is 0 Å². The lowest BCUT2D eigenvalue weighted by atomic mass is 10.2. The molecular weight excluding hydrogens is 266 g/mol. The maximum absolute atomic E-state index is 11.7. The van der Waals surface area contributed by atoms with E-state index in [1.165, 1.54) is 22.6 Å². The Morgan fingerprint density at radius 1 is 1.58 bits per heavy atom. The highest BCUT2D eigenvalue weighted by Crippen LogP contribution is 2.27. The van der Waals surface area contributed by atoms with Gasteiger partial charge in [-0.05, 0) is 19.4 Å². The van der Waals surface area contributed by atoms with E-state index in [-0.39, 0.29) is 11.7 Å². The normalized spacial score (nSPS) is 10.7. The number of aromatic amines is 1. The van der Waals surface area contributed by atoms with Crippen LogP contribution in [0.2, 0.25) is 0 Å². The summed E-state index contributed by atoms with van der Waals surface area (Å²) < 4.78 is 4.92. The zero-order valence-electron chi connectivity index (χ0n) is 11.0. The number of rotatable bonds is 3. The van der Waals surface area contributed by atoms with Gasteiger partial charge in [-0.15, -0.1) is 11.3 Å². The zero-order valence-corrected chi connectivity index (χ0v) is 11.8. The summed E-state index contributed by atoms with van der Waals surface area (Å²) >= 11 is 1.42. The van der Waals surface area contributed by atoms with Crippen LogP contribution in [0.25, 0.3) is 10.2 Å². The SMILES string of the molecule is CCOC(=O)N(C)Cc1sc2nc[nH]c(=O)c2c1C. The third kappa shape index (κ3) is 2.60. The van der Waals surface area contributed by atoms with Crippen LogP contribution in [0, 0.1) is 6.92 Å². The fourth-order valence-electron chi connectivity index (χ4n) is 1.79. The van der Waals surface area contributed by atoms with Gasteiger partial charge in [0.05, 0.1) is 24.9 Å². The number of nitrogens with one attached hydrogen (secondary N) is 1. The van der Waals surface area contributed by atoms with Crippen molar-refractivity contribution in [2.45, 2.75) is 20.4 Å². The summed E-state index contributed by atoms with van der Waals surface area (Å²) in [4.78, 5) is 33.1. The number of aromatic nitrogens is 2. The second kappa shape index (κ2) is 5.40. The fraction of sp³-hybridized carbons (Fsp3) is 0.417. The Labute approximate surface area is 114 Å². The maximum Gasteiger partial charge on any atom is 0.409 e. The van der Waals surface area contributed by atoms with E-state index in [2.05, 4.69) is 9.97 Å². The first kappa shape index (κ1) is 13.5. The van der Waals surface area contributed by atoms with E-state index < -0.39 is 0 Å². The van der Waals surface area contributed by atoms with Crippen LogP contribution in [0.15, 0.2) is 11.1 Å². The van der Waals surface area contributed by atoms with E-state index in [0.29, 0.717) is 23.4 Å². The molecule has 0 bridgehead atoms. The highest BCUT2D eigenvalue weighted by atomic mass is 32.1. The summed E-state index contributed by atoms with van der Waals surface area (Å²) in [5, 5.41) is 0.597. The van der Waals surface area contributed by atoms with E-state index in [1.54, 1.807) is 14.0 Å². The minimum atomic E-state index is -0.374. The summed E-state index contributed by atoms with van der Waals surface area (Å²) in [5.41, 5.74) is 0.717. The van der Waals surface area contributed by atoms with Gasteiger partial charge in [-0.3, -0.25) is 4.79 Å². The standard InChI is InChI=1S/C12H15N3O3S/c1-4-18-12(17)15(3)5-8-7(2)9-10(16)13-6-14-11(9)19-8/h6H,4-5H2,1-3H3,(H,13,14,16). The third-order valence-corrected chi connectivity index (χ3v) is 3.98. The lowest BCUT2D eigenvalue weighted by Crippen LogP contribution is -2.26. The van der Waals surface area contributed by atoms with Gasteiger partial charge < -0.3 is 14.6 Å². The predicted molar refractivity (Wildman–Crippen MR) is 73.5 cm³/mol. The molecule has 102 valence electrons. The summed E-state index contributed by atoms with van der Waals surface area (Å²) in [6.45, 7) is 4.38. The number of H-pyrrole nitrogens is 1. The average Bonchev–Trinajstić information content (AvgIpc) is 2.68. The molecule has 2 heterocycles. The van der Waals surface area contributed by atoms with Gasteiger partial charge in [-0.2, -0.15) is 0 Å². The van der Waals surface area contributed by atoms with Crippen LogP contribution >= 0.6 is 11.3 Å². The van der Waals surface area contributed by atoms with Gasteiger partial charge in [-0.25, -0.2) is 9.78 Å². The molecule has 0 unspecified atom stereocenters. The van der Waals surface area contributed by atoms with Crippen molar-refractivity contribution in [2.24, 2.45) is 0 Å². The molecule has 2 aromatic heterocycles. The Balaban J connectivity index is 2.32. The highest BCUT2D eigenvalue weighted by Gasteiger charge is 2.16. The molecule has 2 rings (SSSR count). The van der Waals surface area contributed by atoms with Gasteiger partial charge in [0.1, 0.15) is 4.83 Å². The Morgan fingerprint density at radius 2 is 2.32 bits per heavy atom. The molecule has 19 heavy (non-hydrogen) atoms. The number of fused-ring (bicyclic) bond motifs is 1. The van der Waals surface area contributed by atoms with Gasteiger partial charge in [0.15, 0.2) is 0 Å². The Hall–Kier alpha value is -1.89. The fourth-order valence-corrected chi connectivity index (χ4v) is 2.99. The van der Waals surface area contributed by atoms with E-state index >= 15 is 0 Å². The van der Waals surface area contributed by atoms with Crippen molar-refractivity contribution in [2.75, 3.05) is 13.7 Å². The van der Waals surface area contributed by atoms with Crippen LogP contribution in [0.4, 0.5) is 4.79 Å². The van der Waals surface area contributed by atoms with Crippen molar-refractivity contribution in [1.29, 1.82) is 0 Å². The van der Waals surface area contributed by atoms with E-state index in [0.717, 1.165) is 10.4 Å². The quantitative estimate of drug-likeness (QED) is 0.932. The number of hydrogen-bond acceptors (Lipinski definition) is 5. The van der Waals surface area contributed by atoms with Gasteiger partial charge in [-0.1, -0.05) is 0 Å². The minimum absolute atomic E-state index is 0.149. The first-order chi connectivity index (χ1) is 9.04. The van der Waals surface area contributed by atoms with Crippen molar-refractivity contribution >= 4 is 27.6 Å². The number of nitrogens with zero attached hydrogens (tertiary/aromatic N) is 2. The summed E-state index contributed by atoms with van der Waals surface area (Å²) in [5.74, 6) is 0. The molecule has 0 aliphatic rings. The number of ether oxygens (including phenoxy) is 1. The van der Waals surface area contributed by atoms with Crippen molar-refractivity contribution in [3.8, 4) is 0 Å². The van der Waals surface area contributed by atoms with Crippen LogP contribution in [-0.4, -0.2) is 34.6 Å². The smallest absolute Gasteiger partial charge is 0.409 e. The van der Waals surface area contributed by atoms with Gasteiger partial charge >= 0.3 is 6.09 Å². The van der Waals surface area contributed by atoms with Crippen molar-refractivity contribution in [3.05, 3.63) is 27.1 Å². The second-order valence-electron chi connectivity index (χ2n) is 4.12. The molecule has 0 aliphatic heterocycles. The average molecular weight is 281 g/mol. The topological polar surface area (TPSA) is 75.3 Å². The van der Waals surface area contributed by atoms with Crippen LogP contribution in [-0.2, 0) is 11.3 Å². The molecule has 0 saturated carbocycles. The number of carbonyl (C=O) groups excluding carboxylic acids is 1. The molecule has 0 radical (unpaired) electrons. The monoisotopic (exact) mass is 281 g/mol. The van der Waals surface area contributed by atoms with Crippen molar-refractivity contribution < 1.29 is 9.53 Å². The summed E-state index contributed by atoms with van der Waals surface area (Å²) in [6, 6.07) is 0. The zero-order chi connectivity index (χ0) is 14.0. The van der Waals surface area contributed by atoms with Crippen molar-refractivity contribution in [3.63, 3.8) is 0 Å². The first-order valence-corrected chi connectivity index (χ1v) is 6.69. The molecule has 0 atom stereocenters. The first-order valence-electron chi connectivity index (χ1n) is 5.88. The van der Waals surface area contributed by atoms with Crippen LogP contribution in [0.5, 0.6) is 0 Å². The second-order valence-corrected chi connectivity index (χ2v) is 5.20. The molecule has 0 spiro atoms. The predicted octanol–water partition coefficient (Wildman–Crippen LogP) is 1.88. The lowest BCUT2D eigenvalue weighted by Gasteiger charge is -2.15. The molecule has 6 nitrogen and oxygen atoms in total. The number of amides is 1. The van der Waals surface area contributed by atoms with E-state index in [1.807, 2.05) is 6.92 Å². The molecule has 0 aromatic carbocycles. The Bertz CT molecular complexity index is 662. The minimum Gasteiger partial charge on any atom is -0.450 e. The largest absolute Gasteiger partial charge is 0.450 e.